The lowest BCUT2D eigenvalue weighted by Gasteiger charge is -2.17. The number of benzene rings is 1. The first-order chi connectivity index (χ1) is 9.79. The third-order valence-corrected chi connectivity index (χ3v) is 3.84. The Morgan fingerprint density at radius 1 is 1.10 bits per heavy atom. The molecule has 5 heteroatoms. The average Bonchev–Trinajstić information content (AvgIpc) is 2.50. The molecule has 2 aromatic heterocycles. The molecular formula is C15H13BrN4. The van der Waals surface area contributed by atoms with Crippen LogP contribution in [0.15, 0.2) is 59.3 Å². The molecule has 0 aliphatic rings. The number of hydrazine groups is 1. The van der Waals surface area contributed by atoms with Crippen LogP contribution in [0.4, 0.5) is 0 Å². The molecule has 0 fully saturated rings. The Balaban J connectivity index is 2.10. The fourth-order valence-electron chi connectivity index (χ4n) is 2.19. The highest BCUT2D eigenvalue weighted by atomic mass is 79.9. The molecule has 100 valence electrons. The lowest BCUT2D eigenvalue weighted by molar-refractivity contribution is 0.617. The Morgan fingerprint density at radius 2 is 1.95 bits per heavy atom. The van der Waals surface area contributed by atoms with Gasteiger partial charge in [-0.15, -0.1) is 0 Å². The van der Waals surface area contributed by atoms with Crippen LogP contribution in [0.1, 0.15) is 17.3 Å². The van der Waals surface area contributed by atoms with Crippen LogP contribution in [-0.4, -0.2) is 9.97 Å². The van der Waals surface area contributed by atoms with Crippen LogP contribution in [0.2, 0.25) is 0 Å². The smallest absolute Gasteiger partial charge is 0.0907 e. The zero-order valence-electron chi connectivity index (χ0n) is 10.6. The van der Waals surface area contributed by atoms with Crippen LogP contribution >= 0.6 is 15.9 Å². The summed E-state index contributed by atoms with van der Waals surface area (Å²) in [5.74, 6) is 5.71. The van der Waals surface area contributed by atoms with Crippen molar-refractivity contribution >= 4 is 26.8 Å². The summed E-state index contributed by atoms with van der Waals surface area (Å²) in [7, 11) is 0. The summed E-state index contributed by atoms with van der Waals surface area (Å²) in [5, 5.41) is 1.08. The number of nitrogens with one attached hydrogen (secondary N) is 1. The number of aromatic nitrogens is 2. The van der Waals surface area contributed by atoms with Gasteiger partial charge in [0.25, 0.3) is 0 Å². The van der Waals surface area contributed by atoms with Gasteiger partial charge in [-0.3, -0.25) is 15.8 Å². The number of para-hydroxylation sites is 1. The van der Waals surface area contributed by atoms with Crippen LogP contribution < -0.4 is 11.3 Å². The zero-order valence-corrected chi connectivity index (χ0v) is 12.2. The van der Waals surface area contributed by atoms with Gasteiger partial charge in [0, 0.05) is 22.3 Å². The fraction of sp³-hybridized carbons (Fsp3) is 0.0667. The Labute approximate surface area is 125 Å². The quantitative estimate of drug-likeness (QED) is 0.573. The predicted molar refractivity (Wildman–Crippen MR) is 82.8 cm³/mol. The number of pyridine rings is 2. The first-order valence-corrected chi connectivity index (χ1v) is 7.00. The number of nitrogens with two attached hydrogens (primary N) is 1. The van der Waals surface area contributed by atoms with Crippen molar-refractivity contribution in [3.05, 3.63) is 70.6 Å². The lowest BCUT2D eigenvalue weighted by Crippen LogP contribution is -2.29. The number of hydrogen-bond acceptors (Lipinski definition) is 4. The van der Waals surface area contributed by atoms with Gasteiger partial charge in [-0.1, -0.05) is 18.2 Å². The molecule has 0 aliphatic heterocycles. The maximum atomic E-state index is 5.71. The highest BCUT2D eigenvalue weighted by Gasteiger charge is 2.17. The van der Waals surface area contributed by atoms with Crippen molar-refractivity contribution in [2.75, 3.05) is 0 Å². The van der Waals surface area contributed by atoms with Crippen molar-refractivity contribution < 1.29 is 0 Å². The van der Waals surface area contributed by atoms with Crippen molar-refractivity contribution in [2.45, 2.75) is 6.04 Å². The molecule has 1 atom stereocenters. The first-order valence-electron chi connectivity index (χ1n) is 6.21. The van der Waals surface area contributed by atoms with E-state index in [1.54, 1.807) is 6.20 Å². The molecule has 20 heavy (non-hydrogen) atoms. The van der Waals surface area contributed by atoms with Gasteiger partial charge in [-0.05, 0) is 45.8 Å². The largest absolute Gasteiger partial charge is 0.271 e. The van der Waals surface area contributed by atoms with E-state index in [9.17, 15) is 0 Å². The molecule has 0 radical (unpaired) electrons. The first kappa shape index (κ1) is 13.2. The minimum atomic E-state index is -0.206. The van der Waals surface area contributed by atoms with Crippen LogP contribution in [0.25, 0.3) is 10.9 Å². The Bertz CT molecular complexity index is 745. The molecule has 0 saturated heterocycles. The van der Waals surface area contributed by atoms with Gasteiger partial charge in [0.1, 0.15) is 0 Å². The SMILES string of the molecule is NNC(c1cnc2ccccc2c1)c1ncccc1Br. The minimum Gasteiger partial charge on any atom is -0.271 e. The van der Waals surface area contributed by atoms with Gasteiger partial charge in [-0.25, -0.2) is 5.43 Å². The minimum absolute atomic E-state index is 0.206. The van der Waals surface area contributed by atoms with Crippen LogP contribution in [0, 0.1) is 0 Å². The highest BCUT2D eigenvalue weighted by molar-refractivity contribution is 9.10. The number of nitrogens with zero attached hydrogens (tertiary/aromatic N) is 2. The molecule has 3 aromatic rings. The van der Waals surface area contributed by atoms with Gasteiger partial charge >= 0.3 is 0 Å². The molecule has 0 saturated carbocycles. The maximum absolute atomic E-state index is 5.71. The van der Waals surface area contributed by atoms with E-state index in [0.29, 0.717) is 0 Å². The van der Waals surface area contributed by atoms with E-state index in [-0.39, 0.29) is 6.04 Å². The molecule has 0 bridgehead atoms. The standard InChI is InChI=1S/C15H13BrN4/c16-12-5-3-7-18-15(12)14(20-17)11-8-10-4-1-2-6-13(10)19-9-11/h1-9,14,20H,17H2. The summed E-state index contributed by atoms with van der Waals surface area (Å²) in [6.45, 7) is 0. The molecule has 3 N–H and O–H groups in total. The second kappa shape index (κ2) is 5.66. The summed E-state index contributed by atoms with van der Waals surface area (Å²) in [5.41, 5.74) is 5.59. The molecule has 1 aromatic carbocycles. The van der Waals surface area contributed by atoms with E-state index in [1.807, 2.05) is 42.6 Å². The topological polar surface area (TPSA) is 63.8 Å². The molecule has 0 amide bonds. The van der Waals surface area contributed by atoms with Crippen LogP contribution in [-0.2, 0) is 0 Å². The van der Waals surface area contributed by atoms with E-state index >= 15 is 0 Å². The Morgan fingerprint density at radius 3 is 2.75 bits per heavy atom. The number of halogens is 1. The van der Waals surface area contributed by atoms with Gasteiger partial charge in [0.05, 0.1) is 17.3 Å². The fourth-order valence-corrected chi connectivity index (χ4v) is 2.67. The average molecular weight is 329 g/mol. The van der Waals surface area contributed by atoms with E-state index in [1.165, 1.54) is 0 Å². The van der Waals surface area contributed by atoms with Gasteiger partial charge in [0.2, 0.25) is 0 Å². The lowest BCUT2D eigenvalue weighted by atomic mass is 10.0. The molecular weight excluding hydrogens is 316 g/mol. The number of rotatable bonds is 3. The molecule has 3 rings (SSSR count). The normalized spacial score (nSPS) is 12.5. The molecule has 4 nitrogen and oxygen atoms in total. The Hall–Kier alpha value is -1.82. The van der Waals surface area contributed by atoms with Crippen molar-refractivity contribution in [1.82, 2.24) is 15.4 Å². The number of hydrogen-bond donors (Lipinski definition) is 2. The van der Waals surface area contributed by atoms with E-state index in [0.717, 1.165) is 26.6 Å². The Kier molecular flexibility index (Phi) is 3.73. The summed E-state index contributed by atoms with van der Waals surface area (Å²) < 4.78 is 0.913. The van der Waals surface area contributed by atoms with Gasteiger partial charge in [-0.2, -0.15) is 0 Å². The second-order valence-corrected chi connectivity index (χ2v) is 5.29. The van der Waals surface area contributed by atoms with Crippen molar-refractivity contribution in [3.8, 4) is 0 Å². The third kappa shape index (κ3) is 2.43. The maximum Gasteiger partial charge on any atom is 0.0907 e. The monoisotopic (exact) mass is 328 g/mol. The predicted octanol–water partition coefficient (Wildman–Crippen LogP) is 2.95. The van der Waals surface area contributed by atoms with E-state index in [2.05, 4.69) is 37.4 Å². The number of fused-ring (bicyclic) bond motifs is 1. The summed E-state index contributed by atoms with van der Waals surface area (Å²) in [6.07, 6.45) is 3.58. The molecule has 0 spiro atoms. The summed E-state index contributed by atoms with van der Waals surface area (Å²) >= 11 is 3.51. The second-order valence-electron chi connectivity index (χ2n) is 4.43. The third-order valence-electron chi connectivity index (χ3n) is 3.17. The zero-order chi connectivity index (χ0) is 13.9. The van der Waals surface area contributed by atoms with Crippen molar-refractivity contribution in [3.63, 3.8) is 0 Å². The highest BCUT2D eigenvalue weighted by Crippen LogP contribution is 2.27. The van der Waals surface area contributed by atoms with E-state index in [4.69, 9.17) is 5.84 Å². The van der Waals surface area contributed by atoms with Crippen LogP contribution in [0.5, 0.6) is 0 Å². The summed E-state index contributed by atoms with van der Waals surface area (Å²) in [6, 6.07) is 13.7. The van der Waals surface area contributed by atoms with Crippen molar-refractivity contribution in [1.29, 1.82) is 0 Å². The molecule has 1 unspecified atom stereocenters. The van der Waals surface area contributed by atoms with Crippen LogP contribution in [0.3, 0.4) is 0 Å². The molecule has 0 aliphatic carbocycles. The van der Waals surface area contributed by atoms with E-state index < -0.39 is 0 Å². The summed E-state index contributed by atoms with van der Waals surface area (Å²) in [4.78, 5) is 8.86. The molecule has 2 heterocycles. The van der Waals surface area contributed by atoms with Crippen molar-refractivity contribution in [2.24, 2.45) is 5.84 Å². The van der Waals surface area contributed by atoms with Gasteiger partial charge in [0.15, 0.2) is 0 Å². The van der Waals surface area contributed by atoms with Gasteiger partial charge < -0.3 is 0 Å².